The lowest BCUT2D eigenvalue weighted by Gasteiger charge is -2.05. The van der Waals surface area contributed by atoms with Gasteiger partial charge in [0.25, 0.3) is 0 Å². The van der Waals surface area contributed by atoms with E-state index in [1.54, 1.807) is 12.1 Å². The molecule has 0 unspecified atom stereocenters. The highest BCUT2D eigenvalue weighted by atomic mass is 35.5. The molecule has 0 saturated carbocycles. The van der Waals surface area contributed by atoms with Crippen LogP contribution < -0.4 is 0 Å². The number of halogens is 1. The van der Waals surface area contributed by atoms with Gasteiger partial charge >= 0.3 is 0 Å². The number of hydrogen-bond donors (Lipinski definition) is 2. The Balaban J connectivity index is 2.07. The Morgan fingerprint density at radius 1 is 0.864 bits per heavy atom. The average Bonchev–Trinajstić information content (AvgIpc) is 2.50. The van der Waals surface area contributed by atoms with Gasteiger partial charge in [-0.25, -0.2) is 0 Å². The molecule has 3 heteroatoms. The summed E-state index contributed by atoms with van der Waals surface area (Å²) in [5.41, 5.74) is 0.936. The van der Waals surface area contributed by atoms with Crippen LogP contribution in [0.15, 0.2) is 24.3 Å². The smallest absolute Gasteiger partial charge is 0.138 e. The Hall–Kier alpha value is -1.15. The molecule has 1 aromatic rings. The van der Waals surface area contributed by atoms with Gasteiger partial charge in [0, 0.05) is 0 Å². The second kappa shape index (κ2) is 11.4. The fourth-order valence-corrected chi connectivity index (χ4v) is 2.60. The van der Waals surface area contributed by atoms with Gasteiger partial charge in [0.1, 0.15) is 16.5 Å². The third kappa shape index (κ3) is 7.74. The van der Waals surface area contributed by atoms with Crippen molar-refractivity contribution in [3.8, 4) is 11.5 Å². The molecular formula is C19H29ClO2. The molecule has 124 valence electrons. The predicted molar refractivity (Wildman–Crippen MR) is 94.9 cm³/mol. The molecule has 0 aromatic heterocycles. The van der Waals surface area contributed by atoms with Crippen LogP contribution in [0.25, 0.3) is 0 Å². The normalized spacial score (nSPS) is 11.4. The number of hydrogen-bond acceptors (Lipinski definition) is 2. The number of allylic oxidation sites excluding steroid dienone is 2. The first-order chi connectivity index (χ1) is 10.6. The summed E-state index contributed by atoms with van der Waals surface area (Å²) >= 11 is 5.71. The van der Waals surface area contributed by atoms with E-state index >= 15 is 0 Å². The van der Waals surface area contributed by atoms with Crippen molar-refractivity contribution in [1.29, 1.82) is 0 Å². The van der Waals surface area contributed by atoms with Crippen LogP contribution in [0, 0.1) is 0 Å². The van der Waals surface area contributed by atoms with Crippen LogP contribution in [-0.2, 0) is 6.42 Å². The number of phenolic OH excluding ortho intramolecular Hbond substituents is 2. The van der Waals surface area contributed by atoms with E-state index in [1.165, 1.54) is 38.5 Å². The van der Waals surface area contributed by atoms with Crippen molar-refractivity contribution in [2.45, 2.75) is 71.1 Å². The van der Waals surface area contributed by atoms with E-state index in [0.29, 0.717) is 0 Å². The molecule has 0 aliphatic rings. The molecule has 0 aliphatic carbocycles. The maximum atomic E-state index is 9.56. The van der Waals surface area contributed by atoms with E-state index in [4.69, 9.17) is 11.6 Å². The van der Waals surface area contributed by atoms with Crippen LogP contribution in [0.4, 0.5) is 0 Å². The minimum atomic E-state index is -0.0392. The molecule has 0 heterocycles. The second-order valence-electron chi connectivity index (χ2n) is 5.87. The molecule has 0 aliphatic heterocycles. The Kier molecular flexibility index (Phi) is 9.81. The Morgan fingerprint density at radius 3 is 1.95 bits per heavy atom. The van der Waals surface area contributed by atoms with Gasteiger partial charge in [-0.3, -0.25) is 0 Å². The van der Waals surface area contributed by atoms with Gasteiger partial charge in [-0.05, 0) is 56.2 Å². The van der Waals surface area contributed by atoms with Gasteiger partial charge < -0.3 is 10.2 Å². The molecule has 0 bridgehead atoms. The lowest BCUT2D eigenvalue weighted by Crippen LogP contribution is -1.86. The highest BCUT2D eigenvalue weighted by Crippen LogP contribution is 2.33. The molecule has 0 spiro atoms. The lowest BCUT2D eigenvalue weighted by atomic mass is 10.1. The van der Waals surface area contributed by atoms with E-state index in [1.807, 2.05) is 0 Å². The molecule has 1 rings (SSSR count). The Bertz CT molecular complexity index is 432. The summed E-state index contributed by atoms with van der Waals surface area (Å²) in [5, 5.41) is 19.1. The summed E-state index contributed by atoms with van der Waals surface area (Å²) in [5.74, 6) is -0.0784. The van der Waals surface area contributed by atoms with Gasteiger partial charge in [-0.1, -0.05) is 56.4 Å². The van der Waals surface area contributed by atoms with Crippen LogP contribution in [0.3, 0.4) is 0 Å². The van der Waals surface area contributed by atoms with Gasteiger partial charge in [-0.15, -0.1) is 0 Å². The largest absolute Gasteiger partial charge is 0.506 e. The zero-order valence-corrected chi connectivity index (χ0v) is 14.4. The van der Waals surface area contributed by atoms with Crippen molar-refractivity contribution in [2.75, 3.05) is 0 Å². The quantitative estimate of drug-likeness (QED) is 0.366. The van der Waals surface area contributed by atoms with E-state index in [-0.39, 0.29) is 16.5 Å². The highest BCUT2D eigenvalue weighted by molar-refractivity contribution is 6.33. The average molecular weight is 325 g/mol. The third-order valence-corrected chi connectivity index (χ3v) is 4.21. The maximum absolute atomic E-state index is 9.56. The van der Waals surface area contributed by atoms with Crippen molar-refractivity contribution in [2.24, 2.45) is 0 Å². The first kappa shape index (κ1) is 18.9. The van der Waals surface area contributed by atoms with Gasteiger partial charge in [0.15, 0.2) is 0 Å². The number of rotatable bonds is 11. The van der Waals surface area contributed by atoms with Crippen LogP contribution in [0.2, 0.25) is 5.02 Å². The summed E-state index contributed by atoms with van der Waals surface area (Å²) in [6.07, 6.45) is 16.5. The summed E-state index contributed by atoms with van der Waals surface area (Å²) in [4.78, 5) is 0. The molecular weight excluding hydrogens is 296 g/mol. The van der Waals surface area contributed by atoms with E-state index in [0.717, 1.165) is 31.2 Å². The molecule has 1 aromatic carbocycles. The van der Waals surface area contributed by atoms with Crippen molar-refractivity contribution in [3.63, 3.8) is 0 Å². The molecule has 0 amide bonds. The fraction of sp³-hybridized carbons (Fsp3) is 0.579. The Labute approximate surface area is 139 Å². The van der Waals surface area contributed by atoms with Crippen LogP contribution in [0.5, 0.6) is 11.5 Å². The summed E-state index contributed by atoms with van der Waals surface area (Å²) in [6, 6.07) is 3.27. The number of benzene rings is 1. The first-order valence-electron chi connectivity index (χ1n) is 8.50. The van der Waals surface area contributed by atoms with Crippen molar-refractivity contribution in [1.82, 2.24) is 0 Å². The molecule has 0 fully saturated rings. The van der Waals surface area contributed by atoms with Crippen molar-refractivity contribution in [3.05, 3.63) is 34.9 Å². The first-order valence-corrected chi connectivity index (χ1v) is 8.88. The van der Waals surface area contributed by atoms with E-state index in [2.05, 4.69) is 19.1 Å². The molecule has 0 saturated heterocycles. The van der Waals surface area contributed by atoms with E-state index in [9.17, 15) is 10.2 Å². The number of phenols is 2. The molecule has 22 heavy (non-hydrogen) atoms. The topological polar surface area (TPSA) is 40.5 Å². The van der Waals surface area contributed by atoms with Gasteiger partial charge in [0.2, 0.25) is 0 Å². The number of aromatic hydroxyl groups is 2. The zero-order chi connectivity index (χ0) is 16.2. The predicted octanol–water partition coefficient (Wildman–Crippen LogP) is 6.38. The second-order valence-corrected chi connectivity index (χ2v) is 6.25. The summed E-state index contributed by atoms with van der Waals surface area (Å²) < 4.78 is 0. The number of aryl methyl sites for hydroxylation is 1. The highest BCUT2D eigenvalue weighted by Gasteiger charge is 2.06. The van der Waals surface area contributed by atoms with Gasteiger partial charge in [0.05, 0.1) is 0 Å². The SMILES string of the molecule is CCCCCC/C=C\CCCCCc1cc(O)c(Cl)c(O)c1. The lowest BCUT2D eigenvalue weighted by molar-refractivity contribution is 0.449. The minimum Gasteiger partial charge on any atom is -0.506 e. The van der Waals surface area contributed by atoms with Crippen LogP contribution in [-0.4, -0.2) is 10.2 Å². The Morgan fingerprint density at radius 2 is 1.41 bits per heavy atom. The summed E-state index contributed by atoms with van der Waals surface area (Å²) in [6.45, 7) is 2.24. The van der Waals surface area contributed by atoms with Crippen LogP contribution in [0.1, 0.15) is 70.3 Å². The minimum absolute atomic E-state index is 0.0350. The van der Waals surface area contributed by atoms with Crippen LogP contribution >= 0.6 is 11.6 Å². The molecule has 0 atom stereocenters. The van der Waals surface area contributed by atoms with Crippen molar-refractivity contribution >= 4 is 11.6 Å². The maximum Gasteiger partial charge on any atom is 0.138 e. The summed E-state index contributed by atoms with van der Waals surface area (Å²) in [7, 11) is 0. The molecule has 2 nitrogen and oxygen atoms in total. The zero-order valence-electron chi connectivity index (χ0n) is 13.7. The molecule has 2 N–H and O–H groups in total. The van der Waals surface area contributed by atoms with Gasteiger partial charge in [-0.2, -0.15) is 0 Å². The fourth-order valence-electron chi connectivity index (χ4n) is 2.49. The van der Waals surface area contributed by atoms with E-state index < -0.39 is 0 Å². The standard InChI is InChI=1S/C19H29ClO2/c1-2-3-4-5-6-7-8-9-10-11-12-13-16-14-17(21)19(20)18(22)15-16/h7-8,14-15,21-22H,2-6,9-13H2,1H3/b8-7-. The molecule has 0 radical (unpaired) electrons. The van der Waals surface area contributed by atoms with Crippen molar-refractivity contribution < 1.29 is 10.2 Å². The monoisotopic (exact) mass is 324 g/mol. The third-order valence-electron chi connectivity index (χ3n) is 3.82. The number of unbranched alkanes of at least 4 members (excludes halogenated alkanes) is 7.